The van der Waals surface area contributed by atoms with Gasteiger partial charge in [0.15, 0.2) is 0 Å². The van der Waals surface area contributed by atoms with E-state index in [1.54, 1.807) is 6.92 Å². The molecular weight excluding hydrogens is 229 g/mol. The minimum atomic E-state index is -0.867. The van der Waals surface area contributed by atoms with E-state index in [1.807, 2.05) is 0 Å². The summed E-state index contributed by atoms with van der Waals surface area (Å²) in [4.78, 5) is 22.4. The Morgan fingerprint density at radius 3 is 2.76 bits per heavy atom. The maximum absolute atomic E-state index is 13.2. The number of ether oxygens (including phenoxy) is 1. The Bertz CT molecular complexity index is 413. The molecule has 0 radical (unpaired) electrons. The lowest BCUT2D eigenvalue weighted by atomic mass is 10.2. The highest BCUT2D eigenvalue weighted by atomic mass is 19.1. The SMILES string of the molecule is CCOC(=O)CNC(=O)c1c(O)cccc1F. The predicted octanol–water partition coefficient (Wildman–Crippen LogP) is 0.824. The van der Waals surface area contributed by atoms with Crippen LogP contribution in [0.25, 0.3) is 0 Å². The first kappa shape index (κ1) is 13.0. The van der Waals surface area contributed by atoms with Crippen LogP contribution in [0.5, 0.6) is 5.75 Å². The second kappa shape index (κ2) is 5.83. The number of hydrogen-bond acceptors (Lipinski definition) is 4. The molecule has 0 aliphatic heterocycles. The fourth-order valence-electron chi connectivity index (χ4n) is 1.19. The first-order chi connectivity index (χ1) is 8.06. The van der Waals surface area contributed by atoms with Gasteiger partial charge in [0.25, 0.3) is 5.91 Å². The van der Waals surface area contributed by atoms with Crippen molar-refractivity contribution in [1.29, 1.82) is 0 Å². The molecule has 1 amide bonds. The number of phenolic OH excluding ortho intramolecular Hbond substituents is 1. The van der Waals surface area contributed by atoms with Gasteiger partial charge in [0.1, 0.15) is 23.7 Å². The third kappa shape index (κ3) is 3.44. The summed E-state index contributed by atoms with van der Waals surface area (Å²) < 4.78 is 17.8. The van der Waals surface area contributed by atoms with Crippen molar-refractivity contribution in [2.24, 2.45) is 0 Å². The van der Waals surface area contributed by atoms with E-state index in [0.29, 0.717) is 0 Å². The van der Waals surface area contributed by atoms with Gasteiger partial charge in [0.2, 0.25) is 0 Å². The first-order valence-electron chi connectivity index (χ1n) is 4.97. The largest absolute Gasteiger partial charge is 0.507 e. The molecule has 0 bridgehead atoms. The second-order valence-corrected chi connectivity index (χ2v) is 3.12. The molecule has 1 rings (SSSR count). The molecule has 92 valence electrons. The van der Waals surface area contributed by atoms with Crippen LogP contribution >= 0.6 is 0 Å². The molecule has 17 heavy (non-hydrogen) atoms. The smallest absolute Gasteiger partial charge is 0.325 e. The number of phenols is 1. The molecule has 1 aromatic rings. The number of halogens is 1. The number of carbonyl (C=O) groups excluding carboxylic acids is 2. The quantitative estimate of drug-likeness (QED) is 0.765. The molecule has 0 aliphatic rings. The van der Waals surface area contributed by atoms with Crippen molar-refractivity contribution in [3.05, 3.63) is 29.6 Å². The number of nitrogens with one attached hydrogen (secondary N) is 1. The molecule has 6 heteroatoms. The normalized spacial score (nSPS) is 9.76. The van der Waals surface area contributed by atoms with Crippen LogP contribution in [-0.4, -0.2) is 30.1 Å². The Morgan fingerprint density at radius 2 is 2.18 bits per heavy atom. The van der Waals surface area contributed by atoms with Crippen molar-refractivity contribution in [3.8, 4) is 5.75 Å². The minimum Gasteiger partial charge on any atom is -0.507 e. The molecule has 0 aromatic heterocycles. The first-order valence-corrected chi connectivity index (χ1v) is 4.97. The van der Waals surface area contributed by atoms with E-state index in [9.17, 15) is 19.1 Å². The van der Waals surface area contributed by atoms with E-state index in [4.69, 9.17) is 0 Å². The zero-order chi connectivity index (χ0) is 12.8. The van der Waals surface area contributed by atoms with Crippen LogP contribution in [0.1, 0.15) is 17.3 Å². The Balaban J connectivity index is 2.68. The third-order valence-corrected chi connectivity index (χ3v) is 1.92. The number of carbonyl (C=O) groups is 2. The third-order valence-electron chi connectivity index (χ3n) is 1.92. The van der Waals surface area contributed by atoms with Crippen molar-refractivity contribution in [2.45, 2.75) is 6.92 Å². The van der Waals surface area contributed by atoms with Crippen LogP contribution in [-0.2, 0) is 9.53 Å². The van der Waals surface area contributed by atoms with Crippen LogP contribution in [0.4, 0.5) is 4.39 Å². The highest BCUT2D eigenvalue weighted by Crippen LogP contribution is 2.19. The van der Waals surface area contributed by atoms with Crippen molar-refractivity contribution in [1.82, 2.24) is 5.32 Å². The Labute approximate surface area is 97.2 Å². The fraction of sp³-hybridized carbons (Fsp3) is 0.273. The summed E-state index contributed by atoms with van der Waals surface area (Å²) in [6, 6.07) is 3.49. The van der Waals surface area contributed by atoms with Gasteiger partial charge < -0.3 is 15.2 Å². The van der Waals surface area contributed by atoms with E-state index < -0.39 is 29.0 Å². The van der Waals surface area contributed by atoms with E-state index in [2.05, 4.69) is 10.1 Å². The number of hydrogen-bond donors (Lipinski definition) is 2. The van der Waals surface area contributed by atoms with Gasteiger partial charge in [-0.3, -0.25) is 9.59 Å². The zero-order valence-electron chi connectivity index (χ0n) is 9.20. The lowest BCUT2D eigenvalue weighted by Gasteiger charge is -2.07. The van der Waals surface area contributed by atoms with Gasteiger partial charge in [-0.2, -0.15) is 0 Å². The molecule has 0 saturated heterocycles. The molecule has 0 heterocycles. The average molecular weight is 241 g/mol. The Kier molecular flexibility index (Phi) is 4.45. The van der Waals surface area contributed by atoms with Crippen LogP contribution in [0.3, 0.4) is 0 Å². The summed E-state index contributed by atoms with van der Waals surface area (Å²) in [5.41, 5.74) is -0.489. The highest BCUT2D eigenvalue weighted by Gasteiger charge is 2.17. The molecule has 0 saturated carbocycles. The highest BCUT2D eigenvalue weighted by molar-refractivity contribution is 5.98. The minimum absolute atomic E-state index is 0.194. The lowest BCUT2D eigenvalue weighted by molar-refractivity contribution is -0.141. The van der Waals surface area contributed by atoms with Crippen molar-refractivity contribution < 1.29 is 23.8 Å². The molecule has 5 nitrogen and oxygen atoms in total. The summed E-state index contributed by atoms with van der Waals surface area (Å²) in [5, 5.41) is 11.5. The summed E-state index contributed by atoms with van der Waals surface area (Å²) in [5.74, 6) is -2.83. The molecular formula is C11H12FNO4. The van der Waals surface area contributed by atoms with Crippen LogP contribution < -0.4 is 5.32 Å². The van der Waals surface area contributed by atoms with Crippen molar-refractivity contribution in [2.75, 3.05) is 13.2 Å². The van der Waals surface area contributed by atoms with E-state index >= 15 is 0 Å². The molecule has 1 aromatic carbocycles. The number of benzene rings is 1. The Morgan fingerprint density at radius 1 is 1.47 bits per heavy atom. The van der Waals surface area contributed by atoms with Gasteiger partial charge in [0, 0.05) is 0 Å². The van der Waals surface area contributed by atoms with E-state index in [0.717, 1.165) is 6.07 Å². The van der Waals surface area contributed by atoms with Gasteiger partial charge in [0.05, 0.1) is 6.61 Å². The zero-order valence-corrected chi connectivity index (χ0v) is 9.20. The van der Waals surface area contributed by atoms with Crippen molar-refractivity contribution >= 4 is 11.9 Å². The van der Waals surface area contributed by atoms with E-state index in [1.165, 1.54) is 12.1 Å². The molecule has 0 atom stereocenters. The fourth-order valence-corrected chi connectivity index (χ4v) is 1.19. The average Bonchev–Trinajstić information content (AvgIpc) is 2.26. The maximum Gasteiger partial charge on any atom is 0.325 e. The Hall–Kier alpha value is -2.11. The summed E-state index contributed by atoms with van der Waals surface area (Å²) in [6.07, 6.45) is 0. The van der Waals surface area contributed by atoms with Gasteiger partial charge in [-0.1, -0.05) is 6.07 Å². The van der Waals surface area contributed by atoms with Crippen LogP contribution in [0.2, 0.25) is 0 Å². The molecule has 0 aliphatic carbocycles. The second-order valence-electron chi connectivity index (χ2n) is 3.12. The molecule has 0 unspecified atom stereocenters. The van der Waals surface area contributed by atoms with E-state index in [-0.39, 0.29) is 13.2 Å². The predicted molar refractivity (Wildman–Crippen MR) is 57.0 cm³/mol. The van der Waals surface area contributed by atoms with Gasteiger partial charge >= 0.3 is 5.97 Å². The summed E-state index contributed by atoms with van der Waals surface area (Å²) in [6.45, 7) is 1.45. The maximum atomic E-state index is 13.2. The molecule has 0 spiro atoms. The summed E-state index contributed by atoms with van der Waals surface area (Å²) in [7, 11) is 0. The lowest BCUT2D eigenvalue weighted by Crippen LogP contribution is -2.31. The van der Waals surface area contributed by atoms with Gasteiger partial charge in [-0.15, -0.1) is 0 Å². The van der Waals surface area contributed by atoms with Crippen LogP contribution in [0, 0.1) is 5.82 Å². The number of esters is 1. The molecule has 2 N–H and O–H groups in total. The standard InChI is InChI=1S/C11H12FNO4/c1-2-17-9(15)6-13-11(16)10-7(12)4-3-5-8(10)14/h3-5,14H,2,6H2,1H3,(H,13,16). The number of rotatable bonds is 4. The monoisotopic (exact) mass is 241 g/mol. The number of amides is 1. The summed E-state index contributed by atoms with van der Waals surface area (Å²) >= 11 is 0. The van der Waals surface area contributed by atoms with Crippen molar-refractivity contribution in [3.63, 3.8) is 0 Å². The van der Waals surface area contributed by atoms with Crippen LogP contribution in [0.15, 0.2) is 18.2 Å². The molecule has 0 fully saturated rings. The van der Waals surface area contributed by atoms with Gasteiger partial charge in [-0.05, 0) is 19.1 Å². The number of aromatic hydroxyl groups is 1. The topological polar surface area (TPSA) is 75.6 Å². The van der Waals surface area contributed by atoms with Gasteiger partial charge in [-0.25, -0.2) is 4.39 Å².